The number of nitrogens with zero attached hydrogens (tertiary/aromatic N) is 1. The van der Waals surface area contributed by atoms with Gasteiger partial charge in [-0.1, -0.05) is 18.2 Å². The Labute approximate surface area is 101 Å². The molecule has 0 radical (unpaired) electrons. The highest BCUT2D eigenvalue weighted by molar-refractivity contribution is 5.90. The van der Waals surface area contributed by atoms with Gasteiger partial charge in [-0.05, 0) is 18.6 Å². The number of rotatable bonds is 4. The molecule has 0 bridgehead atoms. The van der Waals surface area contributed by atoms with Crippen LogP contribution in [-0.2, 0) is 4.79 Å². The number of anilines is 1. The van der Waals surface area contributed by atoms with E-state index in [1.807, 2.05) is 30.3 Å². The second-order valence-corrected chi connectivity index (χ2v) is 4.41. The minimum absolute atomic E-state index is 0.0255. The van der Waals surface area contributed by atoms with E-state index in [0.717, 1.165) is 25.2 Å². The topological polar surface area (TPSA) is 52.6 Å². The molecule has 0 saturated carbocycles. The molecule has 1 atom stereocenters. The first kappa shape index (κ1) is 12.1. The van der Waals surface area contributed by atoms with Crippen LogP contribution in [0.25, 0.3) is 0 Å². The lowest BCUT2D eigenvalue weighted by Gasteiger charge is -2.14. The molecule has 0 aliphatic carbocycles. The highest BCUT2D eigenvalue weighted by Gasteiger charge is 2.20. The molecule has 17 heavy (non-hydrogen) atoms. The molecule has 2 rings (SSSR count). The van der Waals surface area contributed by atoms with Crippen molar-refractivity contribution in [2.45, 2.75) is 18.9 Å². The number of para-hydroxylation sites is 1. The molecule has 1 saturated heterocycles. The molecule has 4 heteroatoms. The third kappa shape index (κ3) is 3.84. The first-order valence-corrected chi connectivity index (χ1v) is 5.99. The van der Waals surface area contributed by atoms with Crippen molar-refractivity contribution in [1.82, 2.24) is 4.90 Å². The fourth-order valence-corrected chi connectivity index (χ4v) is 2.02. The number of nitrogens with one attached hydrogen (secondary N) is 1. The van der Waals surface area contributed by atoms with Crippen LogP contribution in [-0.4, -0.2) is 41.7 Å². The van der Waals surface area contributed by atoms with Crippen LogP contribution in [0.15, 0.2) is 30.3 Å². The zero-order chi connectivity index (χ0) is 12.1. The maximum absolute atomic E-state index is 11.7. The lowest BCUT2D eigenvalue weighted by atomic mass is 10.3. The number of β-amino-alcohol motifs (C(OH)–C–C–N with tert-alkyl or cyclic N) is 1. The summed E-state index contributed by atoms with van der Waals surface area (Å²) in [4.78, 5) is 13.8. The van der Waals surface area contributed by atoms with Gasteiger partial charge in [0, 0.05) is 31.7 Å². The predicted molar refractivity (Wildman–Crippen MR) is 66.8 cm³/mol. The van der Waals surface area contributed by atoms with Crippen LogP contribution >= 0.6 is 0 Å². The van der Waals surface area contributed by atoms with Gasteiger partial charge in [0.05, 0.1) is 6.10 Å². The molecule has 0 aromatic heterocycles. The Hall–Kier alpha value is -1.39. The van der Waals surface area contributed by atoms with Crippen molar-refractivity contribution >= 4 is 11.6 Å². The summed E-state index contributed by atoms with van der Waals surface area (Å²) < 4.78 is 0. The first-order valence-electron chi connectivity index (χ1n) is 5.99. The SMILES string of the molecule is O=C(CCN1CC[C@@H](O)C1)Nc1ccccc1. The van der Waals surface area contributed by atoms with Gasteiger partial charge in [0.2, 0.25) is 5.91 Å². The number of amides is 1. The summed E-state index contributed by atoms with van der Waals surface area (Å²) in [6.45, 7) is 2.30. The number of carbonyl (C=O) groups excluding carboxylic acids is 1. The Bertz CT molecular complexity index is 367. The summed E-state index contributed by atoms with van der Waals surface area (Å²) in [6, 6.07) is 9.45. The van der Waals surface area contributed by atoms with Crippen LogP contribution in [0.2, 0.25) is 0 Å². The number of benzene rings is 1. The number of aliphatic hydroxyl groups excluding tert-OH is 1. The van der Waals surface area contributed by atoms with E-state index in [0.29, 0.717) is 13.0 Å². The largest absolute Gasteiger partial charge is 0.392 e. The molecular formula is C13H18N2O2. The van der Waals surface area contributed by atoms with Crippen LogP contribution in [0.3, 0.4) is 0 Å². The molecule has 92 valence electrons. The van der Waals surface area contributed by atoms with Crippen molar-refractivity contribution in [3.05, 3.63) is 30.3 Å². The van der Waals surface area contributed by atoms with E-state index in [2.05, 4.69) is 10.2 Å². The Morgan fingerprint density at radius 2 is 2.18 bits per heavy atom. The van der Waals surface area contributed by atoms with Crippen molar-refractivity contribution in [2.24, 2.45) is 0 Å². The monoisotopic (exact) mass is 234 g/mol. The van der Waals surface area contributed by atoms with Crippen LogP contribution in [0.4, 0.5) is 5.69 Å². The fourth-order valence-electron chi connectivity index (χ4n) is 2.02. The fraction of sp³-hybridized carbons (Fsp3) is 0.462. The van der Waals surface area contributed by atoms with Gasteiger partial charge in [0.1, 0.15) is 0 Å². The minimum Gasteiger partial charge on any atom is -0.392 e. The molecule has 0 spiro atoms. The standard InChI is InChI=1S/C13H18N2O2/c16-12-6-8-15(10-12)9-7-13(17)14-11-4-2-1-3-5-11/h1-5,12,16H,6-10H2,(H,14,17)/t12-/m1/s1. The normalized spacial score (nSPS) is 20.4. The van der Waals surface area contributed by atoms with Crippen molar-refractivity contribution in [3.8, 4) is 0 Å². The van der Waals surface area contributed by atoms with Gasteiger partial charge < -0.3 is 15.3 Å². The van der Waals surface area contributed by atoms with E-state index in [9.17, 15) is 9.90 Å². The molecule has 1 amide bonds. The Morgan fingerprint density at radius 3 is 2.82 bits per heavy atom. The molecule has 1 heterocycles. The zero-order valence-corrected chi connectivity index (χ0v) is 9.80. The molecule has 1 fully saturated rings. The van der Waals surface area contributed by atoms with Crippen molar-refractivity contribution in [3.63, 3.8) is 0 Å². The molecule has 1 aliphatic rings. The number of hydrogen-bond acceptors (Lipinski definition) is 3. The smallest absolute Gasteiger partial charge is 0.225 e. The average molecular weight is 234 g/mol. The summed E-state index contributed by atoms with van der Waals surface area (Å²) in [5.41, 5.74) is 0.832. The van der Waals surface area contributed by atoms with Crippen LogP contribution in [0.1, 0.15) is 12.8 Å². The number of aliphatic hydroxyl groups is 1. The van der Waals surface area contributed by atoms with Crippen LogP contribution < -0.4 is 5.32 Å². The number of likely N-dealkylation sites (tertiary alicyclic amines) is 1. The van der Waals surface area contributed by atoms with Gasteiger partial charge in [0.15, 0.2) is 0 Å². The summed E-state index contributed by atoms with van der Waals surface area (Å²) in [6.07, 6.45) is 1.08. The Morgan fingerprint density at radius 1 is 1.41 bits per heavy atom. The van der Waals surface area contributed by atoms with E-state index in [1.54, 1.807) is 0 Å². The van der Waals surface area contributed by atoms with Gasteiger partial charge in [-0.25, -0.2) is 0 Å². The van der Waals surface area contributed by atoms with E-state index >= 15 is 0 Å². The molecular weight excluding hydrogens is 216 g/mol. The molecule has 2 N–H and O–H groups in total. The lowest BCUT2D eigenvalue weighted by molar-refractivity contribution is -0.116. The van der Waals surface area contributed by atoms with E-state index in [-0.39, 0.29) is 12.0 Å². The Balaban J connectivity index is 1.71. The summed E-state index contributed by atoms with van der Waals surface area (Å²) in [5.74, 6) is 0.0255. The minimum atomic E-state index is -0.216. The quantitative estimate of drug-likeness (QED) is 0.819. The summed E-state index contributed by atoms with van der Waals surface area (Å²) >= 11 is 0. The third-order valence-corrected chi connectivity index (χ3v) is 2.96. The number of carbonyl (C=O) groups is 1. The second kappa shape index (κ2) is 5.80. The lowest BCUT2D eigenvalue weighted by Crippen LogP contribution is -2.26. The van der Waals surface area contributed by atoms with Gasteiger partial charge in [-0.2, -0.15) is 0 Å². The van der Waals surface area contributed by atoms with Gasteiger partial charge in [-0.15, -0.1) is 0 Å². The van der Waals surface area contributed by atoms with Crippen molar-refractivity contribution < 1.29 is 9.90 Å². The third-order valence-electron chi connectivity index (χ3n) is 2.96. The van der Waals surface area contributed by atoms with Crippen LogP contribution in [0, 0.1) is 0 Å². The van der Waals surface area contributed by atoms with Crippen molar-refractivity contribution in [2.75, 3.05) is 25.0 Å². The maximum Gasteiger partial charge on any atom is 0.225 e. The van der Waals surface area contributed by atoms with E-state index in [4.69, 9.17) is 0 Å². The molecule has 1 aromatic carbocycles. The highest BCUT2D eigenvalue weighted by Crippen LogP contribution is 2.10. The van der Waals surface area contributed by atoms with Gasteiger partial charge >= 0.3 is 0 Å². The molecule has 0 unspecified atom stereocenters. The van der Waals surface area contributed by atoms with Gasteiger partial charge in [-0.3, -0.25) is 4.79 Å². The highest BCUT2D eigenvalue weighted by atomic mass is 16.3. The average Bonchev–Trinajstić information content (AvgIpc) is 2.74. The van der Waals surface area contributed by atoms with Crippen LogP contribution in [0.5, 0.6) is 0 Å². The Kier molecular flexibility index (Phi) is 4.12. The molecule has 1 aliphatic heterocycles. The first-order chi connectivity index (χ1) is 8.24. The van der Waals surface area contributed by atoms with E-state index < -0.39 is 0 Å². The summed E-state index contributed by atoms with van der Waals surface area (Å²) in [7, 11) is 0. The molecule has 1 aromatic rings. The molecule has 4 nitrogen and oxygen atoms in total. The maximum atomic E-state index is 11.7. The predicted octanol–water partition coefficient (Wildman–Crippen LogP) is 1.08. The second-order valence-electron chi connectivity index (χ2n) is 4.41. The van der Waals surface area contributed by atoms with E-state index in [1.165, 1.54) is 0 Å². The summed E-state index contributed by atoms with van der Waals surface area (Å²) in [5, 5.41) is 12.2. The zero-order valence-electron chi connectivity index (χ0n) is 9.80. The number of hydrogen-bond donors (Lipinski definition) is 2. The van der Waals surface area contributed by atoms with Crippen molar-refractivity contribution in [1.29, 1.82) is 0 Å². The van der Waals surface area contributed by atoms with Gasteiger partial charge in [0.25, 0.3) is 0 Å².